The number of carboxylic acid groups (broad SMARTS) is 1. The van der Waals surface area contributed by atoms with Gasteiger partial charge in [0.2, 0.25) is 0 Å². The molecule has 0 aromatic heterocycles. The van der Waals surface area contributed by atoms with Crippen molar-refractivity contribution in [2.45, 2.75) is 51.4 Å². The van der Waals surface area contributed by atoms with Gasteiger partial charge in [0.15, 0.2) is 0 Å². The van der Waals surface area contributed by atoms with E-state index in [0.29, 0.717) is 6.54 Å². The van der Waals surface area contributed by atoms with Gasteiger partial charge in [-0.2, -0.15) is 0 Å². The molecule has 2 aromatic carbocycles. The molecule has 0 fully saturated rings. The van der Waals surface area contributed by atoms with Gasteiger partial charge in [-0.05, 0) is 61.9 Å². The molecule has 0 aliphatic carbocycles. The van der Waals surface area contributed by atoms with Gasteiger partial charge in [0.1, 0.15) is 5.75 Å². The van der Waals surface area contributed by atoms with Crippen LogP contribution in [0, 0.1) is 0 Å². The number of aryl methyl sites for hydroxylation is 2. The molecule has 2 rings (SSSR count). The predicted molar refractivity (Wildman–Crippen MR) is 114 cm³/mol. The molecule has 0 amide bonds. The molecule has 4 heteroatoms. The van der Waals surface area contributed by atoms with Crippen molar-refractivity contribution in [3.63, 3.8) is 0 Å². The molecular weight excluding hydrogens is 350 g/mol. The molecule has 0 saturated carbocycles. The average molecular weight is 384 g/mol. The molecule has 0 unspecified atom stereocenters. The highest BCUT2D eigenvalue weighted by Crippen LogP contribution is 2.15. The molecule has 2 N–H and O–H groups in total. The van der Waals surface area contributed by atoms with E-state index in [1.165, 1.54) is 30.4 Å². The molecule has 4 nitrogen and oxygen atoms in total. The van der Waals surface area contributed by atoms with E-state index in [1.54, 1.807) is 0 Å². The molecule has 0 aliphatic heterocycles. The number of ether oxygens (including phenoxy) is 1. The zero-order valence-electron chi connectivity index (χ0n) is 16.7. The molecule has 28 heavy (non-hydrogen) atoms. The lowest BCUT2D eigenvalue weighted by atomic mass is 10.1. The number of rotatable bonds is 15. The fourth-order valence-electron chi connectivity index (χ4n) is 3.15. The van der Waals surface area contributed by atoms with Crippen LogP contribution in [0.4, 0.5) is 0 Å². The van der Waals surface area contributed by atoms with Crippen LogP contribution >= 0.6 is 0 Å². The summed E-state index contributed by atoms with van der Waals surface area (Å²) in [7, 11) is 0. The summed E-state index contributed by atoms with van der Waals surface area (Å²) in [4.78, 5) is 10.5. The first-order chi connectivity index (χ1) is 13.7. The van der Waals surface area contributed by atoms with Gasteiger partial charge in [-0.25, -0.2) is 0 Å². The molecule has 2 aromatic rings. The summed E-state index contributed by atoms with van der Waals surface area (Å²) < 4.78 is 5.90. The number of unbranched alkanes of at least 4 members (excludes halogenated alkanes) is 3. The second-order valence-corrected chi connectivity index (χ2v) is 7.14. The minimum Gasteiger partial charge on any atom is -0.494 e. The zero-order valence-corrected chi connectivity index (χ0v) is 16.7. The van der Waals surface area contributed by atoms with E-state index in [0.717, 1.165) is 44.6 Å². The van der Waals surface area contributed by atoms with Crippen molar-refractivity contribution in [1.29, 1.82) is 0 Å². The van der Waals surface area contributed by atoms with Gasteiger partial charge in [-0.1, -0.05) is 55.3 Å². The number of carbonyl (C=O) groups is 1. The van der Waals surface area contributed by atoms with Gasteiger partial charge >= 0.3 is 5.97 Å². The monoisotopic (exact) mass is 383 g/mol. The van der Waals surface area contributed by atoms with Gasteiger partial charge in [-0.3, -0.25) is 4.79 Å². The number of hydrogen-bond acceptors (Lipinski definition) is 3. The number of carboxylic acids is 1. The maximum absolute atomic E-state index is 10.5. The van der Waals surface area contributed by atoms with Gasteiger partial charge in [0.25, 0.3) is 0 Å². The summed E-state index contributed by atoms with van der Waals surface area (Å²) in [5.74, 6) is 0.189. The molecule has 0 heterocycles. The fraction of sp³-hybridized carbons (Fsp3) is 0.458. The first-order valence-corrected chi connectivity index (χ1v) is 10.4. The summed E-state index contributed by atoms with van der Waals surface area (Å²) in [6.07, 6.45) is 8.07. The summed E-state index contributed by atoms with van der Waals surface area (Å²) in [6, 6.07) is 19.0. The van der Waals surface area contributed by atoms with E-state index in [1.807, 2.05) is 12.1 Å². The van der Waals surface area contributed by atoms with Crippen LogP contribution in [0.5, 0.6) is 5.75 Å². The first-order valence-electron chi connectivity index (χ1n) is 10.4. The Kier molecular flexibility index (Phi) is 10.8. The van der Waals surface area contributed by atoms with Crippen molar-refractivity contribution in [1.82, 2.24) is 5.32 Å². The van der Waals surface area contributed by atoms with Crippen molar-refractivity contribution in [3.05, 3.63) is 65.7 Å². The van der Waals surface area contributed by atoms with Crippen molar-refractivity contribution in [2.24, 2.45) is 0 Å². The maximum Gasteiger partial charge on any atom is 0.304 e. The lowest BCUT2D eigenvalue weighted by molar-refractivity contribution is -0.136. The average Bonchev–Trinajstić information content (AvgIpc) is 2.71. The molecule has 0 spiro atoms. The highest BCUT2D eigenvalue weighted by Gasteiger charge is 2.00. The van der Waals surface area contributed by atoms with Gasteiger partial charge in [-0.15, -0.1) is 0 Å². The molecule has 0 atom stereocenters. The van der Waals surface area contributed by atoms with Crippen LogP contribution in [-0.2, 0) is 17.6 Å². The number of benzene rings is 2. The Balaban J connectivity index is 1.51. The molecular formula is C24H33NO3. The van der Waals surface area contributed by atoms with Gasteiger partial charge in [0, 0.05) is 6.54 Å². The van der Waals surface area contributed by atoms with Crippen LogP contribution < -0.4 is 10.1 Å². The minimum absolute atomic E-state index is 0.176. The molecule has 152 valence electrons. The lowest BCUT2D eigenvalue weighted by Crippen LogP contribution is -2.19. The molecule has 0 saturated heterocycles. The second kappa shape index (κ2) is 13.8. The third-order valence-corrected chi connectivity index (χ3v) is 4.70. The number of aliphatic carboxylic acids is 1. The van der Waals surface area contributed by atoms with Crippen molar-refractivity contribution >= 4 is 5.97 Å². The largest absolute Gasteiger partial charge is 0.494 e. The van der Waals surface area contributed by atoms with Crippen LogP contribution in [0.1, 0.15) is 49.7 Å². The normalized spacial score (nSPS) is 10.7. The van der Waals surface area contributed by atoms with Crippen LogP contribution in [0.25, 0.3) is 0 Å². The Morgan fingerprint density at radius 1 is 0.821 bits per heavy atom. The fourth-order valence-corrected chi connectivity index (χ4v) is 3.15. The third kappa shape index (κ3) is 10.1. The Morgan fingerprint density at radius 3 is 2.39 bits per heavy atom. The lowest BCUT2D eigenvalue weighted by Gasteiger charge is -2.09. The highest BCUT2D eigenvalue weighted by atomic mass is 16.5. The summed E-state index contributed by atoms with van der Waals surface area (Å²) in [5, 5.41) is 11.8. The van der Waals surface area contributed by atoms with E-state index in [9.17, 15) is 4.79 Å². The van der Waals surface area contributed by atoms with Crippen molar-refractivity contribution < 1.29 is 14.6 Å². The highest BCUT2D eigenvalue weighted by molar-refractivity contribution is 5.66. The SMILES string of the molecule is O=C(O)CCNCCCc1cccc(OCCCCCCc2ccccc2)c1. The van der Waals surface area contributed by atoms with Crippen LogP contribution in [-0.4, -0.2) is 30.8 Å². The maximum atomic E-state index is 10.5. The smallest absolute Gasteiger partial charge is 0.304 e. The minimum atomic E-state index is -0.756. The second-order valence-electron chi connectivity index (χ2n) is 7.14. The Morgan fingerprint density at radius 2 is 1.57 bits per heavy atom. The number of hydrogen-bond donors (Lipinski definition) is 2. The van der Waals surface area contributed by atoms with Gasteiger partial charge < -0.3 is 15.2 Å². The number of nitrogens with one attached hydrogen (secondary N) is 1. The van der Waals surface area contributed by atoms with Gasteiger partial charge in [0.05, 0.1) is 13.0 Å². The Bertz CT molecular complexity index is 673. The standard InChI is InChI=1S/C24H33NO3/c26-24(27)16-18-25-17-9-14-22-13-8-15-23(20-22)28-19-7-2-1-4-10-21-11-5-3-6-12-21/h3,5-6,8,11-13,15,20,25H,1-2,4,7,9-10,14,16-19H2,(H,26,27). The molecule has 0 radical (unpaired) electrons. The molecule has 0 aliphatic rings. The third-order valence-electron chi connectivity index (χ3n) is 4.70. The summed E-state index contributed by atoms with van der Waals surface area (Å²) in [5.41, 5.74) is 2.69. The van der Waals surface area contributed by atoms with Crippen LogP contribution in [0.3, 0.4) is 0 Å². The van der Waals surface area contributed by atoms with E-state index in [4.69, 9.17) is 9.84 Å². The van der Waals surface area contributed by atoms with E-state index in [-0.39, 0.29) is 6.42 Å². The van der Waals surface area contributed by atoms with Crippen molar-refractivity contribution in [3.8, 4) is 5.75 Å². The van der Waals surface area contributed by atoms with E-state index >= 15 is 0 Å². The predicted octanol–water partition coefficient (Wildman–Crippen LogP) is 4.87. The quantitative estimate of drug-likeness (QED) is 0.431. The van der Waals surface area contributed by atoms with Crippen LogP contribution in [0.15, 0.2) is 54.6 Å². The first kappa shape index (κ1) is 22.0. The Hall–Kier alpha value is -2.33. The van der Waals surface area contributed by atoms with E-state index in [2.05, 4.69) is 47.8 Å². The van der Waals surface area contributed by atoms with Crippen molar-refractivity contribution in [2.75, 3.05) is 19.7 Å². The van der Waals surface area contributed by atoms with Crippen LogP contribution in [0.2, 0.25) is 0 Å². The Labute approximate surface area is 168 Å². The summed E-state index contributed by atoms with van der Waals surface area (Å²) >= 11 is 0. The zero-order chi connectivity index (χ0) is 19.9. The van der Waals surface area contributed by atoms with E-state index < -0.39 is 5.97 Å². The molecule has 0 bridgehead atoms. The topological polar surface area (TPSA) is 58.6 Å². The summed E-state index contributed by atoms with van der Waals surface area (Å²) in [6.45, 7) is 2.14.